The third-order valence-electron chi connectivity index (χ3n) is 3.83. The Bertz CT molecular complexity index is 812. The van der Waals surface area contributed by atoms with E-state index in [1.54, 1.807) is 13.2 Å². The average Bonchev–Trinajstić information content (AvgIpc) is 2.54. The van der Waals surface area contributed by atoms with Gasteiger partial charge in [0, 0.05) is 12.1 Å². The van der Waals surface area contributed by atoms with Gasteiger partial charge in [-0.3, -0.25) is 0 Å². The van der Waals surface area contributed by atoms with Crippen LogP contribution in [0.3, 0.4) is 0 Å². The van der Waals surface area contributed by atoms with Crippen molar-refractivity contribution in [1.82, 2.24) is 0 Å². The SMILES string of the molecule is COc1ccc(C)cc1NCc1c(O)ccc2ccccc12. The lowest BCUT2D eigenvalue weighted by molar-refractivity contribution is 0.416. The van der Waals surface area contributed by atoms with Crippen molar-refractivity contribution in [2.75, 3.05) is 12.4 Å². The van der Waals surface area contributed by atoms with Crippen LogP contribution in [0.1, 0.15) is 11.1 Å². The highest BCUT2D eigenvalue weighted by molar-refractivity contribution is 5.87. The zero-order valence-electron chi connectivity index (χ0n) is 12.8. The van der Waals surface area contributed by atoms with E-state index in [0.717, 1.165) is 33.3 Å². The van der Waals surface area contributed by atoms with E-state index >= 15 is 0 Å². The maximum atomic E-state index is 10.2. The van der Waals surface area contributed by atoms with Gasteiger partial charge in [0.2, 0.25) is 0 Å². The van der Waals surface area contributed by atoms with Crippen molar-refractivity contribution < 1.29 is 9.84 Å². The van der Waals surface area contributed by atoms with Crippen molar-refractivity contribution in [3.8, 4) is 11.5 Å². The summed E-state index contributed by atoms with van der Waals surface area (Å²) in [6.45, 7) is 2.58. The number of benzene rings is 3. The fraction of sp³-hybridized carbons (Fsp3) is 0.158. The van der Waals surface area contributed by atoms with Crippen LogP contribution in [0.4, 0.5) is 5.69 Å². The summed E-state index contributed by atoms with van der Waals surface area (Å²) in [7, 11) is 1.66. The summed E-state index contributed by atoms with van der Waals surface area (Å²) in [4.78, 5) is 0. The Labute approximate surface area is 130 Å². The van der Waals surface area contributed by atoms with Crippen LogP contribution in [-0.2, 0) is 6.54 Å². The molecule has 0 unspecified atom stereocenters. The molecule has 0 aliphatic carbocycles. The molecule has 3 aromatic carbocycles. The third-order valence-corrected chi connectivity index (χ3v) is 3.83. The minimum absolute atomic E-state index is 0.304. The Kier molecular flexibility index (Phi) is 3.88. The number of hydrogen-bond acceptors (Lipinski definition) is 3. The molecule has 22 heavy (non-hydrogen) atoms. The van der Waals surface area contributed by atoms with E-state index < -0.39 is 0 Å². The number of methoxy groups -OCH3 is 1. The Morgan fingerprint density at radius 3 is 2.68 bits per heavy atom. The number of anilines is 1. The van der Waals surface area contributed by atoms with Crippen LogP contribution in [0.25, 0.3) is 10.8 Å². The van der Waals surface area contributed by atoms with Gasteiger partial charge >= 0.3 is 0 Å². The Morgan fingerprint density at radius 1 is 1.05 bits per heavy atom. The number of ether oxygens (including phenoxy) is 1. The van der Waals surface area contributed by atoms with E-state index in [4.69, 9.17) is 4.74 Å². The zero-order valence-corrected chi connectivity index (χ0v) is 12.8. The highest BCUT2D eigenvalue weighted by Crippen LogP contribution is 2.30. The van der Waals surface area contributed by atoms with Crippen LogP contribution in [0.5, 0.6) is 11.5 Å². The highest BCUT2D eigenvalue weighted by Gasteiger charge is 2.08. The molecule has 0 heterocycles. The molecule has 3 nitrogen and oxygen atoms in total. The van der Waals surface area contributed by atoms with Gasteiger partial charge in [-0.05, 0) is 41.5 Å². The highest BCUT2D eigenvalue weighted by atomic mass is 16.5. The number of fused-ring (bicyclic) bond motifs is 1. The minimum Gasteiger partial charge on any atom is -0.508 e. The molecule has 3 heteroatoms. The fourth-order valence-electron chi connectivity index (χ4n) is 2.65. The first kappa shape index (κ1) is 14.3. The van der Waals surface area contributed by atoms with E-state index in [-0.39, 0.29) is 0 Å². The molecule has 3 aromatic rings. The number of phenolic OH excluding ortho intramolecular Hbond substituents is 1. The van der Waals surface area contributed by atoms with Crippen LogP contribution < -0.4 is 10.1 Å². The minimum atomic E-state index is 0.304. The van der Waals surface area contributed by atoms with Crippen LogP contribution in [0, 0.1) is 6.92 Å². The van der Waals surface area contributed by atoms with Gasteiger partial charge in [-0.25, -0.2) is 0 Å². The van der Waals surface area contributed by atoms with E-state index in [1.165, 1.54) is 0 Å². The second-order valence-electron chi connectivity index (χ2n) is 5.34. The standard InChI is InChI=1S/C19H19NO2/c1-13-7-10-19(22-2)17(11-13)20-12-16-15-6-4-3-5-14(15)8-9-18(16)21/h3-11,20-21H,12H2,1-2H3. The molecule has 0 atom stereocenters. The predicted molar refractivity (Wildman–Crippen MR) is 90.7 cm³/mol. The number of nitrogens with one attached hydrogen (secondary N) is 1. The Hall–Kier alpha value is -2.68. The largest absolute Gasteiger partial charge is 0.508 e. The van der Waals surface area contributed by atoms with Crippen LogP contribution in [0.2, 0.25) is 0 Å². The van der Waals surface area contributed by atoms with E-state index in [1.807, 2.05) is 55.5 Å². The first-order valence-electron chi connectivity index (χ1n) is 7.27. The number of aryl methyl sites for hydroxylation is 1. The number of rotatable bonds is 4. The topological polar surface area (TPSA) is 41.5 Å². The van der Waals surface area contributed by atoms with Crippen molar-refractivity contribution in [3.05, 3.63) is 65.7 Å². The van der Waals surface area contributed by atoms with Crippen molar-refractivity contribution >= 4 is 16.5 Å². The first-order valence-corrected chi connectivity index (χ1v) is 7.27. The zero-order chi connectivity index (χ0) is 15.5. The quantitative estimate of drug-likeness (QED) is 0.745. The van der Waals surface area contributed by atoms with Crippen molar-refractivity contribution in [1.29, 1.82) is 0 Å². The first-order chi connectivity index (χ1) is 10.7. The molecule has 2 N–H and O–H groups in total. The maximum absolute atomic E-state index is 10.2. The van der Waals surface area contributed by atoms with Crippen molar-refractivity contribution in [3.63, 3.8) is 0 Å². The molecule has 112 valence electrons. The normalized spacial score (nSPS) is 10.6. The van der Waals surface area contributed by atoms with E-state index in [9.17, 15) is 5.11 Å². The molecule has 0 aliphatic heterocycles. The predicted octanol–water partition coefficient (Wildman–Crippen LogP) is 4.47. The summed E-state index contributed by atoms with van der Waals surface area (Å²) in [5.74, 6) is 1.10. The molecule has 0 radical (unpaired) electrons. The van der Waals surface area contributed by atoms with Crippen LogP contribution >= 0.6 is 0 Å². The average molecular weight is 293 g/mol. The molecule has 3 rings (SSSR count). The maximum Gasteiger partial charge on any atom is 0.141 e. The molecule has 0 saturated heterocycles. The lowest BCUT2D eigenvalue weighted by Crippen LogP contribution is -2.02. The number of aromatic hydroxyl groups is 1. The van der Waals surface area contributed by atoms with Gasteiger partial charge in [-0.1, -0.05) is 36.4 Å². The van der Waals surface area contributed by atoms with Gasteiger partial charge in [0.05, 0.1) is 12.8 Å². The summed E-state index contributed by atoms with van der Waals surface area (Å²) < 4.78 is 5.38. The van der Waals surface area contributed by atoms with Gasteiger partial charge < -0.3 is 15.2 Å². The van der Waals surface area contributed by atoms with Crippen molar-refractivity contribution in [2.24, 2.45) is 0 Å². The second-order valence-corrected chi connectivity index (χ2v) is 5.34. The van der Waals surface area contributed by atoms with Gasteiger partial charge in [-0.15, -0.1) is 0 Å². The second kappa shape index (κ2) is 5.98. The lowest BCUT2D eigenvalue weighted by Gasteiger charge is -2.14. The molecule has 0 amide bonds. The summed E-state index contributed by atoms with van der Waals surface area (Å²) in [5, 5.41) is 15.7. The monoisotopic (exact) mass is 293 g/mol. The molecule has 0 aliphatic rings. The molecule has 0 spiro atoms. The molecular weight excluding hydrogens is 274 g/mol. The molecule has 0 bridgehead atoms. The molecule has 0 saturated carbocycles. The summed E-state index contributed by atoms with van der Waals surface area (Å²) in [6.07, 6.45) is 0. The molecular formula is C19H19NO2. The summed E-state index contributed by atoms with van der Waals surface area (Å²) >= 11 is 0. The van der Waals surface area contributed by atoms with Gasteiger partial charge in [0.15, 0.2) is 0 Å². The van der Waals surface area contributed by atoms with Gasteiger partial charge in [0.25, 0.3) is 0 Å². The smallest absolute Gasteiger partial charge is 0.141 e. The Balaban J connectivity index is 1.94. The number of phenols is 1. The van der Waals surface area contributed by atoms with Gasteiger partial charge in [0.1, 0.15) is 11.5 Å². The number of hydrogen-bond donors (Lipinski definition) is 2. The summed E-state index contributed by atoms with van der Waals surface area (Å²) in [6, 6.07) is 17.7. The molecule has 0 aromatic heterocycles. The summed E-state index contributed by atoms with van der Waals surface area (Å²) in [5.41, 5.74) is 2.97. The van der Waals surface area contributed by atoms with Crippen LogP contribution in [0.15, 0.2) is 54.6 Å². The van der Waals surface area contributed by atoms with Crippen LogP contribution in [-0.4, -0.2) is 12.2 Å². The van der Waals surface area contributed by atoms with Gasteiger partial charge in [-0.2, -0.15) is 0 Å². The lowest BCUT2D eigenvalue weighted by atomic mass is 10.0. The van der Waals surface area contributed by atoms with Crippen molar-refractivity contribution in [2.45, 2.75) is 13.5 Å². The fourth-order valence-corrected chi connectivity index (χ4v) is 2.65. The van der Waals surface area contributed by atoms with E-state index in [2.05, 4.69) is 5.32 Å². The third kappa shape index (κ3) is 2.70. The molecule has 0 fully saturated rings. The Morgan fingerprint density at radius 2 is 1.86 bits per heavy atom. The van der Waals surface area contributed by atoms with E-state index in [0.29, 0.717) is 12.3 Å².